The number of benzene rings is 3. The number of aryl methyl sites for hydroxylation is 1. The molecule has 0 radical (unpaired) electrons. The zero-order chi connectivity index (χ0) is 29.4. The topological polar surface area (TPSA) is 86.8 Å². The van der Waals surface area contributed by atoms with E-state index in [1.165, 1.54) is 17.0 Å². The van der Waals surface area contributed by atoms with E-state index in [4.69, 9.17) is 11.6 Å². The average molecular weight is 584 g/mol. The maximum atomic E-state index is 14.1. The molecular weight excluding hydrogens is 546 g/mol. The van der Waals surface area contributed by atoms with Crippen LogP contribution >= 0.6 is 11.6 Å². The third-order valence-electron chi connectivity index (χ3n) is 6.98. The van der Waals surface area contributed by atoms with Crippen LogP contribution in [-0.4, -0.2) is 43.8 Å². The number of nitrogens with zero attached hydrogens (tertiary/aromatic N) is 2. The molecule has 3 aromatic carbocycles. The molecule has 214 valence electrons. The first kappa shape index (κ1) is 31.2. The van der Waals surface area contributed by atoms with Crippen LogP contribution in [0.2, 0.25) is 5.02 Å². The van der Waals surface area contributed by atoms with Crippen LogP contribution in [0.25, 0.3) is 0 Å². The summed E-state index contributed by atoms with van der Waals surface area (Å²) >= 11 is 6.39. The second kappa shape index (κ2) is 13.8. The molecule has 0 saturated heterocycles. The lowest BCUT2D eigenvalue weighted by atomic mass is 10.1. The van der Waals surface area contributed by atoms with Gasteiger partial charge in [-0.15, -0.1) is 0 Å². The first-order valence-electron chi connectivity index (χ1n) is 13.5. The van der Waals surface area contributed by atoms with Crippen molar-refractivity contribution in [3.63, 3.8) is 0 Å². The summed E-state index contributed by atoms with van der Waals surface area (Å²) in [4.78, 5) is 29.0. The van der Waals surface area contributed by atoms with E-state index in [-0.39, 0.29) is 23.4 Å². The van der Waals surface area contributed by atoms with E-state index in [9.17, 15) is 18.0 Å². The van der Waals surface area contributed by atoms with E-state index >= 15 is 0 Å². The number of rotatable bonds is 12. The Morgan fingerprint density at radius 2 is 1.55 bits per heavy atom. The summed E-state index contributed by atoms with van der Waals surface area (Å²) in [6, 6.07) is 19.9. The lowest BCUT2D eigenvalue weighted by Crippen LogP contribution is -2.53. The van der Waals surface area contributed by atoms with Gasteiger partial charge in [-0.25, -0.2) is 8.42 Å². The van der Waals surface area contributed by atoms with Gasteiger partial charge in [0, 0.05) is 17.6 Å². The molecule has 9 heteroatoms. The van der Waals surface area contributed by atoms with E-state index in [1.54, 1.807) is 37.3 Å². The van der Waals surface area contributed by atoms with Gasteiger partial charge >= 0.3 is 0 Å². The SMILES string of the molecule is CCC(C)NC(=O)C(CC)N(Cc1ccccc1)C(=O)CN(c1cccc(Cl)c1C)S(=O)(=O)c1ccc(C)cc1. The van der Waals surface area contributed by atoms with Gasteiger partial charge in [-0.1, -0.05) is 79.5 Å². The third kappa shape index (κ3) is 7.43. The van der Waals surface area contributed by atoms with Gasteiger partial charge in [-0.2, -0.15) is 0 Å². The minimum Gasteiger partial charge on any atom is -0.352 e. The smallest absolute Gasteiger partial charge is 0.264 e. The van der Waals surface area contributed by atoms with Crippen molar-refractivity contribution in [3.05, 3.63) is 94.5 Å². The normalized spacial score (nSPS) is 12.8. The molecule has 0 bridgehead atoms. The minimum absolute atomic E-state index is 0.0569. The third-order valence-corrected chi connectivity index (χ3v) is 9.16. The van der Waals surface area contributed by atoms with Crippen LogP contribution in [-0.2, 0) is 26.2 Å². The van der Waals surface area contributed by atoms with Crippen molar-refractivity contribution in [2.24, 2.45) is 0 Å². The maximum absolute atomic E-state index is 14.1. The summed E-state index contributed by atoms with van der Waals surface area (Å²) in [6.07, 6.45) is 1.10. The van der Waals surface area contributed by atoms with Crippen molar-refractivity contribution in [1.29, 1.82) is 0 Å². The molecular formula is C31H38ClN3O4S. The Morgan fingerprint density at radius 3 is 2.15 bits per heavy atom. The monoisotopic (exact) mass is 583 g/mol. The Labute approximate surface area is 243 Å². The van der Waals surface area contributed by atoms with Crippen molar-refractivity contribution >= 4 is 39.1 Å². The van der Waals surface area contributed by atoms with Crippen molar-refractivity contribution in [3.8, 4) is 0 Å². The quantitative estimate of drug-likeness (QED) is 0.289. The van der Waals surface area contributed by atoms with Crippen LogP contribution in [0.3, 0.4) is 0 Å². The molecule has 40 heavy (non-hydrogen) atoms. The van der Waals surface area contributed by atoms with Gasteiger partial charge in [0.25, 0.3) is 10.0 Å². The number of nitrogens with one attached hydrogen (secondary N) is 1. The number of halogens is 1. The number of anilines is 1. The molecule has 0 heterocycles. The van der Waals surface area contributed by atoms with Gasteiger partial charge in [-0.3, -0.25) is 13.9 Å². The highest BCUT2D eigenvalue weighted by Gasteiger charge is 2.34. The largest absolute Gasteiger partial charge is 0.352 e. The van der Waals surface area contributed by atoms with Gasteiger partial charge in [0.2, 0.25) is 11.8 Å². The lowest BCUT2D eigenvalue weighted by molar-refractivity contribution is -0.140. The van der Waals surface area contributed by atoms with Crippen molar-refractivity contribution in [2.45, 2.75) is 71.0 Å². The van der Waals surface area contributed by atoms with E-state index in [1.807, 2.05) is 58.0 Å². The molecule has 0 saturated carbocycles. The van der Waals surface area contributed by atoms with Crippen LogP contribution in [0, 0.1) is 13.8 Å². The van der Waals surface area contributed by atoms with Gasteiger partial charge in [0.05, 0.1) is 10.6 Å². The fourth-order valence-corrected chi connectivity index (χ4v) is 6.00. The molecule has 2 unspecified atom stereocenters. The van der Waals surface area contributed by atoms with E-state index in [0.29, 0.717) is 22.7 Å². The zero-order valence-electron chi connectivity index (χ0n) is 23.7. The summed E-state index contributed by atoms with van der Waals surface area (Å²) in [7, 11) is -4.16. The standard InChI is InChI=1S/C31H38ClN3O4S/c1-6-23(4)33-31(37)28(7-2)34(20-25-12-9-8-10-13-25)30(36)21-35(29-15-11-14-27(32)24(29)5)40(38,39)26-18-16-22(3)17-19-26/h8-19,23,28H,6-7,20-21H2,1-5H3,(H,33,37). The molecule has 0 aliphatic rings. The Kier molecular flexibility index (Phi) is 10.8. The average Bonchev–Trinajstić information content (AvgIpc) is 2.93. The highest BCUT2D eigenvalue weighted by molar-refractivity contribution is 7.92. The lowest BCUT2D eigenvalue weighted by Gasteiger charge is -2.34. The minimum atomic E-state index is -4.16. The molecule has 0 fully saturated rings. The number of carbonyl (C=O) groups is 2. The Hall–Kier alpha value is -3.36. The summed E-state index contributed by atoms with van der Waals surface area (Å²) in [5.41, 5.74) is 2.58. The second-order valence-electron chi connectivity index (χ2n) is 9.96. The summed E-state index contributed by atoms with van der Waals surface area (Å²) in [6.45, 7) is 8.96. The van der Waals surface area contributed by atoms with Crippen molar-refractivity contribution in [1.82, 2.24) is 10.2 Å². The molecule has 0 aliphatic heterocycles. The molecule has 0 aromatic heterocycles. The van der Waals surface area contributed by atoms with Crippen LogP contribution in [0.1, 0.15) is 50.3 Å². The second-order valence-corrected chi connectivity index (χ2v) is 12.2. The zero-order valence-corrected chi connectivity index (χ0v) is 25.3. The highest BCUT2D eigenvalue weighted by Crippen LogP contribution is 2.31. The number of amides is 2. The molecule has 0 spiro atoms. The highest BCUT2D eigenvalue weighted by atomic mass is 35.5. The molecule has 0 aliphatic carbocycles. The van der Waals surface area contributed by atoms with Crippen LogP contribution in [0.4, 0.5) is 5.69 Å². The maximum Gasteiger partial charge on any atom is 0.264 e. The molecule has 2 atom stereocenters. The van der Waals surface area contributed by atoms with Crippen LogP contribution < -0.4 is 9.62 Å². The van der Waals surface area contributed by atoms with Crippen molar-refractivity contribution in [2.75, 3.05) is 10.8 Å². The van der Waals surface area contributed by atoms with Gasteiger partial charge in [0.15, 0.2) is 0 Å². The summed E-state index contributed by atoms with van der Waals surface area (Å²) < 4.78 is 29.1. The summed E-state index contributed by atoms with van der Waals surface area (Å²) in [5, 5.41) is 3.37. The van der Waals surface area contributed by atoms with E-state index in [2.05, 4.69) is 5.32 Å². The fourth-order valence-electron chi connectivity index (χ4n) is 4.36. The molecule has 7 nitrogen and oxygen atoms in total. The Morgan fingerprint density at radius 1 is 0.900 bits per heavy atom. The van der Waals surface area contributed by atoms with E-state index in [0.717, 1.165) is 21.9 Å². The molecule has 3 rings (SSSR count). The van der Waals surface area contributed by atoms with Crippen molar-refractivity contribution < 1.29 is 18.0 Å². The van der Waals surface area contributed by atoms with Gasteiger partial charge < -0.3 is 10.2 Å². The van der Waals surface area contributed by atoms with Gasteiger partial charge in [0.1, 0.15) is 12.6 Å². The number of sulfonamides is 1. The Balaban J connectivity index is 2.09. The first-order valence-corrected chi connectivity index (χ1v) is 15.3. The molecule has 2 amide bonds. The number of carbonyl (C=O) groups excluding carboxylic acids is 2. The fraction of sp³-hybridized carbons (Fsp3) is 0.355. The Bertz CT molecular complexity index is 1410. The van der Waals surface area contributed by atoms with Crippen LogP contribution in [0.15, 0.2) is 77.7 Å². The number of hydrogen-bond acceptors (Lipinski definition) is 4. The molecule has 1 N–H and O–H groups in total. The predicted octanol–water partition coefficient (Wildman–Crippen LogP) is 5.87. The predicted molar refractivity (Wildman–Crippen MR) is 161 cm³/mol. The first-order chi connectivity index (χ1) is 19.0. The van der Waals surface area contributed by atoms with Gasteiger partial charge in [-0.05, 0) is 69.0 Å². The number of hydrogen-bond donors (Lipinski definition) is 1. The van der Waals surface area contributed by atoms with E-state index < -0.39 is 28.5 Å². The summed E-state index contributed by atoms with van der Waals surface area (Å²) in [5.74, 6) is -0.766. The molecule has 3 aromatic rings. The van der Waals surface area contributed by atoms with Crippen LogP contribution in [0.5, 0.6) is 0 Å².